The molecule has 0 heterocycles. The normalized spacial score (nSPS) is 12.4. The number of rotatable bonds is 10. The highest BCUT2D eigenvalue weighted by atomic mass is 32.2. The van der Waals surface area contributed by atoms with E-state index in [1.165, 1.54) is 17.0 Å². The molecule has 0 saturated heterocycles. The summed E-state index contributed by atoms with van der Waals surface area (Å²) in [5, 5.41) is 2.97. The second-order valence-corrected chi connectivity index (χ2v) is 11.7. The number of amides is 2. The summed E-state index contributed by atoms with van der Waals surface area (Å²) < 4.78 is 28.5. The molecule has 0 saturated carbocycles. The molecule has 1 N–H and O–H groups in total. The van der Waals surface area contributed by atoms with Gasteiger partial charge in [-0.05, 0) is 57.0 Å². The minimum atomic E-state index is -4.05. The lowest BCUT2D eigenvalue weighted by Crippen LogP contribution is -2.55. The molecule has 0 aliphatic carbocycles. The van der Waals surface area contributed by atoms with Gasteiger partial charge in [0.25, 0.3) is 10.0 Å². The smallest absolute Gasteiger partial charge is 0.264 e. The van der Waals surface area contributed by atoms with Crippen molar-refractivity contribution in [2.24, 2.45) is 0 Å². The lowest BCUT2D eigenvalue weighted by molar-refractivity contribution is -0.141. The van der Waals surface area contributed by atoms with Gasteiger partial charge in [-0.2, -0.15) is 0 Å². The summed E-state index contributed by atoms with van der Waals surface area (Å²) in [6, 6.07) is 25.1. The van der Waals surface area contributed by atoms with Gasteiger partial charge in [-0.1, -0.05) is 73.7 Å². The predicted molar refractivity (Wildman–Crippen MR) is 146 cm³/mol. The van der Waals surface area contributed by atoms with Crippen molar-refractivity contribution in [3.63, 3.8) is 0 Å². The first-order valence-corrected chi connectivity index (χ1v) is 13.7. The van der Waals surface area contributed by atoms with Gasteiger partial charge in [-0.3, -0.25) is 13.9 Å². The van der Waals surface area contributed by atoms with Crippen molar-refractivity contribution in [3.8, 4) is 0 Å². The number of hydrogen-bond acceptors (Lipinski definition) is 4. The van der Waals surface area contributed by atoms with Gasteiger partial charge in [-0.25, -0.2) is 8.42 Å². The molecule has 0 aliphatic rings. The van der Waals surface area contributed by atoms with Crippen molar-refractivity contribution in [1.82, 2.24) is 10.2 Å². The Balaban J connectivity index is 2.02. The largest absolute Gasteiger partial charge is 0.350 e. The van der Waals surface area contributed by atoms with Crippen LogP contribution in [0, 0.1) is 0 Å². The highest BCUT2D eigenvalue weighted by Crippen LogP contribution is 2.24. The van der Waals surface area contributed by atoms with Crippen LogP contribution in [0.3, 0.4) is 0 Å². The van der Waals surface area contributed by atoms with Crippen molar-refractivity contribution in [2.45, 2.75) is 57.1 Å². The number of para-hydroxylation sites is 1. The van der Waals surface area contributed by atoms with Gasteiger partial charge in [0.05, 0.1) is 10.6 Å². The van der Waals surface area contributed by atoms with Crippen molar-refractivity contribution < 1.29 is 18.0 Å². The van der Waals surface area contributed by atoms with Crippen molar-refractivity contribution >= 4 is 27.5 Å². The van der Waals surface area contributed by atoms with Gasteiger partial charge in [0.1, 0.15) is 12.6 Å². The molecule has 37 heavy (non-hydrogen) atoms. The molecule has 3 rings (SSSR count). The van der Waals surface area contributed by atoms with E-state index < -0.39 is 34.1 Å². The fourth-order valence-electron chi connectivity index (χ4n) is 4.00. The van der Waals surface area contributed by atoms with Crippen LogP contribution in [0.25, 0.3) is 0 Å². The Morgan fingerprint density at radius 1 is 0.838 bits per heavy atom. The Hall–Kier alpha value is -3.65. The topological polar surface area (TPSA) is 86.8 Å². The maximum absolute atomic E-state index is 13.9. The third kappa shape index (κ3) is 7.43. The van der Waals surface area contributed by atoms with E-state index in [4.69, 9.17) is 0 Å². The monoisotopic (exact) mass is 521 g/mol. The molecule has 1 unspecified atom stereocenters. The van der Waals surface area contributed by atoms with Gasteiger partial charge in [0.2, 0.25) is 11.8 Å². The Morgan fingerprint density at radius 2 is 1.35 bits per heavy atom. The second kappa shape index (κ2) is 12.1. The quantitative estimate of drug-likeness (QED) is 0.422. The van der Waals surface area contributed by atoms with Crippen LogP contribution in [-0.4, -0.2) is 43.3 Å². The molecule has 0 aromatic heterocycles. The van der Waals surface area contributed by atoms with Crippen molar-refractivity contribution in [3.05, 3.63) is 96.6 Å². The highest BCUT2D eigenvalue weighted by molar-refractivity contribution is 7.92. The number of nitrogens with zero attached hydrogens (tertiary/aromatic N) is 2. The van der Waals surface area contributed by atoms with Gasteiger partial charge in [0.15, 0.2) is 0 Å². The molecule has 0 spiro atoms. The van der Waals surface area contributed by atoms with Gasteiger partial charge in [0, 0.05) is 12.1 Å². The first kappa shape index (κ1) is 27.9. The summed E-state index contributed by atoms with van der Waals surface area (Å²) >= 11 is 0. The number of nitrogens with one attached hydrogen (secondary N) is 1. The molecule has 8 heteroatoms. The third-order valence-corrected chi connectivity index (χ3v) is 7.52. The summed E-state index contributed by atoms with van der Waals surface area (Å²) in [5.41, 5.74) is 0.722. The van der Waals surface area contributed by atoms with Crippen LogP contribution in [0.1, 0.15) is 39.7 Å². The van der Waals surface area contributed by atoms with Gasteiger partial charge >= 0.3 is 0 Å². The predicted octanol–water partition coefficient (Wildman–Crippen LogP) is 4.60. The summed E-state index contributed by atoms with van der Waals surface area (Å²) in [4.78, 5) is 28.7. The van der Waals surface area contributed by atoms with E-state index in [1.807, 2.05) is 58.0 Å². The van der Waals surface area contributed by atoms with Crippen LogP contribution in [0.15, 0.2) is 95.9 Å². The maximum atomic E-state index is 13.9. The lowest BCUT2D eigenvalue weighted by atomic mass is 10.1. The molecule has 2 amide bonds. The van der Waals surface area contributed by atoms with E-state index >= 15 is 0 Å². The van der Waals surface area contributed by atoms with Crippen LogP contribution >= 0.6 is 0 Å². The first-order chi connectivity index (χ1) is 17.5. The second-order valence-electron chi connectivity index (χ2n) is 9.83. The van der Waals surface area contributed by atoms with Crippen LogP contribution in [0.2, 0.25) is 0 Å². The molecule has 0 radical (unpaired) electrons. The number of carbonyl (C=O) groups excluding carboxylic acids is 2. The zero-order valence-electron chi connectivity index (χ0n) is 21.8. The van der Waals surface area contributed by atoms with Crippen molar-refractivity contribution in [1.29, 1.82) is 0 Å². The number of sulfonamides is 1. The molecule has 1 atom stereocenters. The molecular weight excluding hydrogens is 486 g/mol. The third-order valence-electron chi connectivity index (χ3n) is 5.73. The zero-order valence-corrected chi connectivity index (χ0v) is 22.6. The fourth-order valence-corrected chi connectivity index (χ4v) is 5.43. The zero-order chi connectivity index (χ0) is 27.1. The standard InChI is InChI=1S/C29H35N3O4S/c1-5-26(28(34)30-29(2,3)4)31(21-23-15-9-6-10-16-23)27(33)22-32(24-17-11-7-12-18-24)37(35,36)25-19-13-8-14-20-25/h6-20,26H,5,21-22H2,1-4H3,(H,30,34). The minimum Gasteiger partial charge on any atom is -0.350 e. The van der Waals surface area contributed by atoms with Crippen LogP contribution in [0.4, 0.5) is 5.69 Å². The number of carbonyl (C=O) groups is 2. The molecule has 0 aliphatic heterocycles. The highest BCUT2D eigenvalue weighted by Gasteiger charge is 2.34. The van der Waals surface area contributed by atoms with Crippen LogP contribution in [0.5, 0.6) is 0 Å². The Bertz CT molecular complexity index is 1270. The summed E-state index contributed by atoms with van der Waals surface area (Å²) in [6.45, 7) is 7.20. The van der Waals surface area contributed by atoms with Crippen molar-refractivity contribution in [2.75, 3.05) is 10.8 Å². The van der Waals surface area contributed by atoms with E-state index in [2.05, 4.69) is 5.32 Å². The number of hydrogen-bond donors (Lipinski definition) is 1. The van der Waals surface area contributed by atoms with E-state index in [0.717, 1.165) is 9.87 Å². The molecule has 0 fully saturated rings. The summed E-state index contributed by atoms with van der Waals surface area (Å²) in [5.74, 6) is -0.750. The van der Waals surface area contributed by atoms with E-state index in [1.54, 1.807) is 48.5 Å². The molecule has 3 aromatic carbocycles. The Morgan fingerprint density at radius 3 is 1.86 bits per heavy atom. The SMILES string of the molecule is CCC(C(=O)NC(C)(C)C)N(Cc1ccccc1)C(=O)CN(c1ccccc1)S(=O)(=O)c1ccccc1. The number of anilines is 1. The molecule has 3 aromatic rings. The molecule has 196 valence electrons. The Kier molecular flexibility index (Phi) is 9.10. The van der Waals surface area contributed by atoms with E-state index in [0.29, 0.717) is 12.1 Å². The average molecular weight is 522 g/mol. The molecular formula is C29H35N3O4S. The molecule has 0 bridgehead atoms. The Labute approximate surface area is 220 Å². The molecule has 7 nitrogen and oxygen atoms in total. The van der Waals surface area contributed by atoms with Gasteiger partial charge < -0.3 is 10.2 Å². The van der Waals surface area contributed by atoms with Crippen LogP contribution < -0.4 is 9.62 Å². The van der Waals surface area contributed by atoms with E-state index in [-0.39, 0.29) is 17.3 Å². The summed E-state index contributed by atoms with van der Waals surface area (Å²) in [7, 11) is -4.05. The number of benzene rings is 3. The van der Waals surface area contributed by atoms with Gasteiger partial charge in [-0.15, -0.1) is 0 Å². The average Bonchev–Trinajstić information content (AvgIpc) is 2.87. The lowest BCUT2D eigenvalue weighted by Gasteiger charge is -2.34. The summed E-state index contributed by atoms with van der Waals surface area (Å²) in [6.07, 6.45) is 0.372. The van der Waals surface area contributed by atoms with Crippen LogP contribution in [-0.2, 0) is 26.2 Å². The first-order valence-electron chi connectivity index (χ1n) is 12.3. The maximum Gasteiger partial charge on any atom is 0.264 e. The fraction of sp³-hybridized carbons (Fsp3) is 0.310. The minimum absolute atomic E-state index is 0.0822. The van der Waals surface area contributed by atoms with E-state index in [9.17, 15) is 18.0 Å².